The molecule has 0 saturated carbocycles. The fraction of sp³-hybridized carbons (Fsp3) is 0.333. The third-order valence-corrected chi connectivity index (χ3v) is 3.43. The van der Waals surface area contributed by atoms with Crippen molar-refractivity contribution in [2.24, 2.45) is 0 Å². The van der Waals surface area contributed by atoms with Crippen LogP contribution in [-0.2, 0) is 9.59 Å². The van der Waals surface area contributed by atoms with Crippen molar-refractivity contribution >= 4 is 23.5 Å². The van der Waals surface area contributed by atoms with Gasteiger partial charge in [0.05, 0.1) is 12.1 Å². The number of rotatable bonds is 6. The van der Waals surface area contributed by atoms with E-state index in [0.717, 1.165) is 0 Å². The number of aromatic nitrogens is 4. The molecule has 0 bridgehead atoms. The monoisotopic (exact) mass is 380 g/mol. The first-order chi connectivity index (χ1) is 12.6. The number of halogens is 2. The highest BCUT2D eigenvalue weighted by atomic mass is 19.3. The first-order valence-corrected chi connectivity index (χ1v) is 7.78. The molecule has 0 aliphatic heterocycles. The molecule has 10 nitrogen and oxygen atoms in total. The van der Waals surface area contributed by atoms with Crippen LogP contribution >= 0.6 is 0 Å². The first-order valence-electron chi connectivity index (χ1n) is 7.78. The lowest BCUT2D eigenvalue weighted by molar-refractivity contribution is -0.160. The van der Waals surface area contributed by atoms with Gasteiger partial charge in [-0.2, -0.15) is 8.78 Å². The van der Waals surface area contributed by atoms with E-state index in [1.807, 2.05) is 10.6 Å². The largest absolute Gasteiger partial charge is 0.400 e. The predicted octanol–water partition coefficient (Wildman–Crippen LogP) is 0.121. The van der Waals surface area contributed by atoms with Gasteiger partial charge in [0, 0.05) is 12.4 Å². The average molecular weight is 380 g/mol. The number of nitrogens with one attached hydrogen (secondary N) is 2. The maximum Gasteiger partial charge on any atom is 0.400 e. The van der Waals surface area contributed by atoms with Crippen molar-refractivity contribution < 1.29 is 18.4 Å². The minimum absolute atomic E-state index is 0.0288. The molecule has 2 aromatic rings. The third kappa shape index (κ3) is 4.80. The predicted molar refractivity (Wildman–Crippen MR) is 91.0 cm³/mol. The summed E-state index contributed by atoms with van der Waals surface area (Å²) in [6.07, 6.45) is 2.64. The van der Waals surface area contributed by atoms with E-state index in [1.165, 1.54) is 38.4 Å². The molecule has 2 amide bonds. The van der Waals surface area contributed by atoms with Crippen molar-refractivity contribution in [2.45, 2.75) is 31.9 Å². The standard InChI is InChI=1S/C15H18F2N8O2/c1-7(11-20-5-3-9(18)24-11)22-13(26)15(16,17)14(27)23-8(2)12-21-6-4-10(19)25-12/h3-8H,1-2H3,(H,22,26)(H,23,27)(H2,18,20,24)(H2,19,21,25). The lowest BCUT2D eigenvalue weighted by atomic mass is 10.2. The Morgan fingerprint density at radius 1 is 0.926 bits per heavy atom. The van der Waals surface area contributed by atoms with Gasteiger partial charge in [-0.05, 0) is 26.0 Å². The second-order valence-electron chi connectivity index (χ2n) is 5.64. The van der Waals surface area contributed by atoms with Crippen LogP contribution in [0.2, 0.25) is 0 Å². The lowest BCUT2D eigenvalue weighted by Crippen LogP contribution is -2.52. The molecule has 0 fully saturated rings. The van der Waals surface area contributed by atoms with Gasteiger partial charge in [-0.25, -0.2) is 19.9 Å². The van der Waals surface area contributed by atoms with Gasteiger partial charge in [-0.3, -0.25) is 9.59 Å². The van der Waals surface area contributed by atoms with E-state index in [2.05, 4.69) is 19.9 Å². The second kappa shape index (κ2) is 7.85. The molecule has 2 atom stereocenters. The molecule has 0 radical (unpaired) electrons. The molecule has 12 heteroatoms. The quantitative estimate of drug-likeness (QED) is 0.514. The van der Waals surface area contributed by atoms with Gasteiger partial charge in [0.1, 0.15) is 11.6 Å². The number of hydrogen-bond donors (Lipinski definition) is 4. The molecule has 6 N–H and O–H groups in total. The minimum atomic E-state index is -4.34. The van der Waals surface area contributed by atoms with E-state index in [-0.39, 0.29) is 23.3 Å². The smallest absolute Gasteiger partial charge is 0.384 e. The summed E-state index contributed by atoms with van der Waals surface area (Å²) in [5, 5.41) is 3.97. The number of amides is 2. The van der Waals surface area contributed by atoms with Gasteiger partial charge in [-0.15, -0.1) is 0 Å². The molecule has 144 valence electrons. The molecule has 27 heavy (non-hydrogen) atoms. The van der Waals surface area contributed by atoms with Crippen LogP contribution in [0.4, 0.5) is 20.4 Å². The van der Waals surface area contributed by atoms with Gasteiger partial charge in [-0.1, -0.05) is 0 Å². The number of nitrogen functional groups attached to an aromatic ring is 2. The number of nitrogens with two attached hydrogens (primary N) is 2. The Balaban J connectivity index is 2.04. The fourth-order valence-electron chi connectivity index (χ4n) is 2.00. The third-order valence-electron chi connectivity index (χ3n) is 3.43. The molecule has 0 aliphatic rings. The van der Waals surface area contributed by atoms with Crippen LogP contribution in [0.5, 0.6) is 0 Å². The summed E-state index contributed by atoms with van der Waals surface area (Å²) in [5.74, 6) is -7.67. The van der Waals surface area contributed by atoms with Gasteiger partial charge in [0.25, 0.3) is 0 Å². The summed E-state index contributed by atoms with van der Waals surface area (Å²) >= 11 is 0. The number of hydrogen-bond acceptors (Lipinski definition) is 8. The summed E-state index contributed by atoms with van der Waals surface area (Å²) in [4.78, 5) is 39.1. The summed E-state index contributed by atoms with van der Waals surface area (Å²) in [5.41, 5.74) is 11.0. The second-order valence-corrected chi connectivity index (χ2v) is 5.64. The SMILES string of the molecule is CC(NC(=O)C(F)(F)C(=O)NC(C)c1nccc(N)n1)c1nccc(N)n1. The average Bonchev–Trinajstić information content (AvgIpc) is 2.61. The van der Waals surface area contributed by atoms with Crippen LogP contribution in [0.3, 0.4) is 0 Å². The van der Waals surface area contributed by atoms with Crippen molar-refractivity contribution in [2.75, 3.05) is 11.5 Å². The number of nitrogens with zero attached hydrogens (tertiary/aromatic N) is 4. The zero-order valence-corrected chi connectivity index (χ0v) is 14.5. The van der Waals surface area contributed by atoms with Crippen LogP contribution in [0, 0.1) is 0 Å². The zero-order chi connectivity index (χ0) is 20.2. The molecular weight excluding hydrogens is 362 g/mol. The van der Waals surface area contributed by atoms with Crippen molar-refractivity contribution in [1.82, 2.24) is 30.6 Å². The summed E-state index contributed by atoms with van der Waals surface area (Å²) in [7, 11) is 0. The maximum absolute atomic E-state index is 14.2. The van der Waals surface area contributed by atoms with Gasteiger partial charge in [0.2, 0.25) is 0 Å². The Morgan fingerprint density at radius 2 is 1.30 bits per heavy atom. The highest BCUT2D eigenvalue weighted by Gasteiger charge is 2.48. The molecule has 0 spiro atoms. The molecular formula is C15H18F2N8O2. The maximum atomic E-state index is 14.2. The summed E-state index contributed by atoms with van der Waals surface area (Å²) in [6.45, 7) is 2.76. The molecule has 0 aliphatic carbocycles. The highest BCUT2D eigenvalue weighted by Crippen LogP contribution is 2.19. The Kier molecular flexibility index (Phi) is 5.78. The minimum Gasteiger partial charge on any atom is -0.384 e. The van der Waals surface area contributed by atoms with E-state index in [4.69, 9.17) is 11.5 Å². The van der Waals surface area contributed by atoms with Crippen LogP contribution in [-0.4, -0.2) is 37.7 Å². The van der Waals surface area contributed by atoms with E-state index < -0.39 is 29.8 Å². The van der Waals surface area contributed by atoms with Crippen molar-refractivity contribution in [3.63, 3.8) is 0 Å². The van der Waals surface area contributed by atoms with Crippen molar-refractivity contribution in [3.8, 4) is 0 Å². The highest BCUT2D eigenvalue weighted by molar-refractivity contribution is 6.06. The zero-order valence-electron chi connectivity index (χ0n) is 14.5. The number of alkyl halides is 2. The lowest BCUT2D eigenvalue weighted by Gasteiger charge is -2.20. The Labute approximate surface area is 152 Å². The Morgan fingerprint density at radius 3 is 1.63 bits per heavy atom. The van der Waals surface area contributed by atoms with E-state index >= 15 is 0 Å². The molecule has 2 heterocycles. The fourth-order valence-corrected chi connectivity index (χ4v) is 2.00. The first kappa shape index (κ1) is 19.9. The van der Waals surface area contributed by atoms with Crippen LogP contribution in [0.15, 0.2) is 24.5 Å². The van der Waals surface area contributed by atoms with Crippen LogP contribution < -0.4 is 22.1 Å². The van der Waals surface area contributed by atoms with Gasteiger partial charge < -0.3 is 22.1 Å². The number of carbonyl (C=O) groups is 2. The topological polar surface area (TPSA) is 162 Å². The van der Waals surface area contributed by atoms with E-state index in [9.17, 15) is 18.4 Å². The van der Waals surface area contributed by atoms with Crippen molar-refractivity contribution in [1.29, 1.82) is 0 Å². The van der Waals surface area contributed by atoms with Gasteiger partial charge in [0.15, 0.2) is 11.6 Å². The number of anilines is 2. The van der Waals surface area contributed by atoms with Crippen LogP contribution in [0.1, 0.15) is 37.6 Å². The Hall–Kier alpha value is -3.44. The molecule has 0 aromatic carbocycles. The summed E-state index contributed by atoms with van der Waals surface area (Å²) in [6, 6.07) is 0.823. The molecule has 2 unspecified atom stereocenters. The molecule has 0 saturated heterocycles. The van der Waals surface area contributed by atoms with Crippen molar-refractivity contribution in [3.05, 3.63) is 36.2 Å². The Bertz CT molecular complexity index is 781. The summed E-state index contributed by atoms with van der Waals surface area (Å²) < 4.78 is 28.3. The van der Waals surface area contributed by atoms with E-state index in [0.29, 0.717) is 0 Å². The van der Waals surface area contributed by atoms with Crippen LogP contribution in [0.25, 0.3) is 0 Å². The molecule has 2 aromatic heterocycles. The normalized spacial score (nSPS) is 13.5. The number of carbonyl (C=O) groups excluding carboxylic acids is 2. The van der Waals surface area contributed by atoms with E-state index in [1.54, 1.807) is 0 Å². The van der Waals surface area contributed by atoms with Gasteiger partial charge >= 0.3 is 17.7 Å². The molecule has 2 rings (SSSR count).